The van der Waals surface area contributed by atoms with E-state index < -0.39 is 0 Å². The molecule has 0 radical (unpaired) electrons. The van der Waals surface area contributed by atoms with E-state index in [4.69, 9.17) is 5.73 Å². The summed E-state index contributed by atoms with van der Waals surface area (Å²) in [5, 5.41) is 7.16. The third kappa shape index (κ3) is 3.21. The number of halogens is 1. The molecule has 1 fully saturated rings. The van der Waals surface area contributed by atoms with Crippen molar-refractivity contribution in [2.75, 3.05) is 24.5 Å². The van der Waals surface area contributed by atoms with Gasteiger partial charge in [0.1, 0.15) is 11.6 Å². The summed E-state index contributed by atoms with van der Waals surface area (Å²) in [5.74, 6) is 1.80. The van der Waals surface area contributed by atoms with Gasteiger partial charge >= 0.3 is 0 Å². The lowest BCUT2D eigenvalue weighted by molar-refractivity contribution is 0.411. The Balaban J connectivity index is 1.65. The van der Waals surface area contributed by atoms with Gasteiger partial charge in [0, 0.05) is 19.5 Å². The summed E-state index contributed by atoms with van der Waals surface area (Å²) in [6.45, 7) is 2.61. The molecule has 1 aliphatic rings. The first kappa shape index (κ1) is 14.0. The van der Waals surface area contributed by atoms with Gasteiger partial charge in [-0.05, 0) is 36.9 Å². The van der Waals surface area contributed by atoms with Crippen LogP contribution in [-0.2, 0) is 6.42 Å². The minimum Gasteiger partial charge on any atom is -0.340 e. The zero-order chi connectivity index (χ0) is 14.7. The Hall–Kier alpha value is -1.95. The maximum absolute atomic E-state index is 13.6. The van der Waals surface area contributed by atoms with Gasteiger partial charge < -0.3 is 10.6 Å². The van der Waals surface area contributed by atoms with Crippen molar-refractivity contribution in [3.05, 3.63) is 41.5 Å². The predicted octanol–water partition coefficient (Wildman–Crippen LogP) is 1.71. The Labute approximate surface area is 123 Å². The Morgan fingerprint density at radius 2 is 2.05 bits per heavy atom. The van der Waals surface area contributed by atoms with Crippen LogP contribution >= 0.6 is 0 Å². The van der Waals surface area contributed by atoms with Crippen LogP contribution in [0.2, 0.25) is 0 Å². The zero-order valence-corrected chi connectivity index (χ0v) is 11.9. The number of aromatic amines is 1. The quantitative estimate of drug-likeness (QED) is 0.899. The molecule has 21 heavy (non-hydrogen) atoms. The summed E-state index contributed by atoms with van der Waals surface area (Å²) in [5.41, 5.74) is 6.33. The SMILES string of the molecule is NCC1CCN(c2n[nH]c(Cc3ccccc3F)n2)CC1. The van der Waals surface area contributed by atoms with Crippen LogP contribution in [0.3, 0.4) is 0 Å². The van der Waals surface area contributed by atoms with Gasteiger partial charge in [-0.2, -0.15) is 4.98 Å². The van der Waals surface area contributed by atoms with E-state index in [1.54, 1.807) is 12.1 Å². The molecule has 112 valence electrons. The van der Waals surface area contributed by atoms with E-state index in [0.717, 1.165) is 32.5 Å². The summed E-state index contributed by atoms with van der Waals surface area (Å²) in [6.07, 6.45) is 2.58. The molecule has 0 atom stereocenters. The first-order valence-corrected chi connectivity index (χ1v) is 7.36. The van der Waals surface area contributed by atoms with E-state index in [2.05, 4.69) is 20.1 Å². The van der Waals surface area contributed by atoms with Gasteiger partial charge in [0.15, 0.2) is 0 Å². The molecule has 6 heteroatoms. The number of hydrogen-bond donors (Lipinski definition) is 2. The Kier molecular flexibility index (Phi) is 4.15. The number of piperidine rings is 1. The van der Waals surface area contributed by atoms with Gasteiger partial charge in [-0.25, -0.2) is 4.39 Å². The number of rotatable bonds is 4. The Bertz CT molecular complexity index is 589. The predicted molar refractivity (Wildman–Crippen MR) is 79.6 cm³/mol. The number of nitrogens with zero attached hydrogens (tertiary/aromatic N) is 3. The third-order valence-corrected chi connectivity index (χ3v) is 4.07. The second kappa shape index (κ2) is 6.22. The van der Waals surface area contributed by atoms with Crippen LogP contribution in [0.25, 0.3) is 0 Å². The largest absolute Gasteiger partial charge is 0.340 e. The molecule has 5 nitrogen and oxygen atoms in total. The van der Waals surface area contributed by atoms with Gasteiger partial charge in [-0.15, -0.1) is 5.10 Å². The molecule has 1 aliphatic heterocycles. The standard InChI is InChI=1S/C15H20FN5/c16-13-4-2-1-3-12(13)9-14-18-15(20-19-14)21-7-5-11(10-17)6-8-21/h1-4,11H,5-10,17H2,(H,18,19,20). The second-order valence-electron chi connectivity index (χ2n) is 5.52. The molecular weight excluding hydrogens is 269 g/mol. The van der Waals surface area contributed by atoms with Crippen molar-refractivity contribution in [1.82, 2.24) is 15.2 Å². The van der Waals surface area contributed by atoms with Crippen molar-refractivity contribution in [2.45, 2.75) is 19.3 Å². The highest BCUT2D eigenvalue weighted by atomic mass is 19.1. The van der Waals surface area contributed by atoms with E-state index in [1.165, 1.54) is 6.07 Å². The molecule has 0 unspecified atom stereocenters. The molecule has 1 aromatic heterocycles. The minimum atomic E-state index is -0.209. The summed E-state index contributed by atoms with van der Waals surface area (Å²) < 4.78 is 13.6. The molecule has 0 saturated carbocycles. The van der Waals surface area contributed by atoms with Gasteiger partial charge in [-0.3, -0.25) is 5.10 Å². The maximum atomic E-state index is 13.6. The van der Waals surface area contributed by atoms with Crippen molar-refractivity contribution >= 4 is 5.95 Å². The number of hydrogen-bond acceptors (Lipinski definition) is 4. The van der Waals surface area contributed by atoms with Crippen LogP contribution in [0, 0.1) is 11.7 Å². The number of nitrogens with two attached hydrogens (primary N) is 1. The summed E-state index contributed by atoms with van der Waals surface area (Å²) >= 11 is 0. The van der Waals surface area contributed by atoms with Crippen LogP contribution in [0.1, 0.15) is 24.2 Å². The fourth-order valence-corrected chi connectivity index (χ4v) is 2.70. The zero-order valence-electron chi connectivity index (χ0n) is 11.9. The normalized spacial score (nSPS) is 16.4. The van der Waals surface area contributed by atoms with Gasteiger partial charge in [0.25, 0.3) is 0 Å². The maximum Gasteiger partial charge on any atom is 0.244 e. The lowest BCUT2D eigenvalue weighted by Crippen LogP contribution is -2.36. The van der Waals surface area contributed by atoms with Crippen LogP contribution in [-0.4, -0.2) is 34.8 Å². The highest BCUT2D eigenvalue weighted by molar-refractivity contribution is 5.30. The van der Waals surface area contributed by atoms with Crippen LogP contribution < -0.4 is 10.6 Å². The Morgan fingerprint density at radius 1 is 1.29 bits per heavy atom. The van der Waals surface area contributed by atoms with E-state index in [9.17, 15) is 4.39 Å². The lowest BCUT2D eigenvalue weighted by atomic mass is 9.97. The van der Waals surface area contributed by atoms with Gasteiger partial charge in [-0.1, -0.05) is 18.2 Å². The summed E-state index contributed by atoms with van der Waals surface area (Å²) in [4.78, 5) is 6.64. The highest BCUT2D eigenvalue weighted by Crippen LogP contribution is 2.20. The van der Waals surface area contributed by atoms with Crippen molar-refractivity contribution in [3.8, 4) is 0 Å². The van der Waals surface area contributed by atoms with E-state index in [1.807, 2.05) is 6.07 Å². The van der Waals surface area contributed by atoms with Gasteiger partial charge in [0.05, 0.1) is 0 Å². The first-order chi connectivity index (χ1) is 10.3. The second-order valence-corrected chi connectivity index (χ2v) is 5.52. The number of H-pyrrole nitrogens is 1. The molecular formula is C15H20FN5. The van der Waals surface area contributed by atoms with Crippen molar-refractivity contribution < 1.29 is 4.39 Å². The molecule has 3 rings (SSSR count). The van der Waals surface area contributed by atoms with Crippen molar-refractivity contribution in [2.24, 2.45) is 11.7 Å². The minimum absolute atomic E-state index is 0.209. The number of nitrogens with one attached hydrogen (secondary N) is 1. The van der Waals surface area contributed by atoms with Crippen LogP contribution in [0.4, 0.5) is 10.3 Å². The molecule has 0 aliphatic carbocycles. The molecule has 1 saturated heterocycles. The molecule has 0 spiro atoms. The Morgan fingerprint density at radius 3 is 2.76 bits per heavy atom. The van der Waals surface area contributed by atoms with Crippen LogP contribution in [0.15, 0.2) is 24.3 Å². The molecule has 1 aromatic carbocycles. The monoisotopic (exact) mass is 289 g/mol. The molecule has 2 aromatic rings. The fraction of sp³-hybridized carbons (Fsp3) is 0.467. The average molecular weight is 289 g/mol. The smallest absolute Gasteiger partial charge is 0.244 e. The molecule has 3 N–H and O–H groups in total. The fourth-order valence-electron chi connectivity index (χ4n) is 2.70. The highest BCUT2D eigenvalue weighted by Gasteiger charge is 2.21. The van der Waals surface area contributed by atoms with Crippen molar-refractivity contribution in [1.29, 1.82) is 0 Å². The third-order valence-electron chi connectivity index (χ3n) is 4.07. The van der Waals surface area contributed by atoms with Gasteiger partial charge in [0.2, 0.25) is 5.95 Å². The number of benzene rings is 1. The molecule has 0 bridgehead atoms. The van der Waals surface area contributed by atoms with E-state index in [0.29, 0.717) is 29.7 Å². The molecule has 2 heterocycles. The lowest BCUT2D eigenvalue weighted by Gasteiger charge is -2.30. The first-order valence-electron chi connectivity index (χ1n) is 7.36. The van der Waals surface area contributed by atoms with Crippen molar-refractivity contribution in [3.63, 3.8) is 0 Å². The molecule has 0 amide bonds. The number of aromatic nitrogens is 3. The summed E-state index contributed by atoms with van der Waals surface area (Å²) in [6, 6.07) is 6.74. The topological polar surface area (TPSA) is 70.8 Å². The van der Waals surface area contributed by atoms with E-state index >= 15 is 0 Å². The van der Waals surface area contributed by atoms with Crippen LogP contribution in [0.5, 0.6) is 0 Å². The average Bonchev–Trinajstić information content (AvgIpc) is 2.98. The summed E-state index contributed by atoms with van der Waals surface area (Å²) in [7, 11) is 0. The number of anilines is 1. The van der Waals surface area contributed by atoms with E-state index in [-0.39, 0.29) is 5.82 Å².